The summed E-state index contributed by atoms with van der Waals surface area (Å²) in [5, 5.41) is 0. The van der Waals surface area contributed by atoms with Gasteiger partial charge >= 0.3 is 0 Å². The maximum absolute atomic E-state index is 2.59. The normalized spacial score (nSPS) is 11.5. The molecule has 1 aromatic rings. The van der Waals surface area contributed by atoms with Gasteiger partial charge in [0.2, 0.25) is 0 Å². The van der Waals surface area contributed by atoms with E-state index < -0.39 is 0 Å². The second-order valence-corrected chi connectivity index (χ2v) is 10.2. The van der Waals surface area contributed by atoms with Crippen molar-refractivity contribution in [2.45, 2.75) is 175 Å². The van der Waals surface area contributed by atoms with Crippen LogP contribution in [0.15, 0.2) is 12.4 Å². The van der Waals surface area contributed by atoms with Crippen LogP contribution in [0.25, 0.3) is 0 Å². The van der Waals surface area contributed by atoms with E-state index in [9.17, 15) is 0 Å². The molecule has 32 heavy (non-hydrogen) atoms. The summed E-state index contributed by atoms with van der Waals surface area (Å²) in [5.74, 6) is 1.59. The number of imidazole rings is 1. The van der Waals surface area contributed by atoms with Gasteiger partial charge in [-0.25, -0.2) is 9.13 Å². The van der Waals surface area contributed by atoms with Gasteiger partial charge in [-0.3, -0.25) is 0 Å². The molecule has 1 aromatic heterocycles. The molecule has 0 amide bonds. The van der Waals surface area contributed by atoms with E-state index in [1.165, 1.54) is 154 Å². The van der Waals surface area contributed by atoms with Gasteiger partial charge in [0.05, 0.1) is 13.1 Å². The first-order valence-corrected chi connectivity index (χ1v) is 14.9. The number of hydrogen-bond donors (Lipinski definition) is 0. The van der Waals surface area contributed by atoms with E-state index in [1.54, 1.807) is 5.82 Å². The van der Waals surface area contributed by atoms with Crippen LogP contribution < -0.4 is 4.57 Å². The van der Waals surface area contributed by atoms with E-state index in [0.29, 0.717) is 0 Å². The van der Waals surface area contributed by atoms with Gasteiger partial charge in [0, 0.05) is 6.42 Å². The molecule has 1 rings (SSSR count). The highest BCUT2D eigenvalue weighted by Gasteiger charge is 2.16. The predicted octanol–water partition coefficient (Wildman–Crippen LogP) is 9.57. The Morgan fingerprint density at radius 1 is 0.531 bits per heavy atom. The highest BCUT2D eigenvalue weighted by Crippen LogP contribution is 2.13. The lowest BCUT2D eigenvalue weighted by Gasteiger charge is -2.06. The molecule has 0 N–H and O–H groups in total. The third-order valence-corrected chi connectivity index (χ3v) is 7.10. The summed E-state index contributed by atoms with van der Waals surface area (Å²) < 4.78 is 5.17. The summed E-state index contributed by atoms with van der Waals surface area (Å²) >= 11 is 0. The summed E-state index contributed by atoms with van der Waals surface area (Å²) in [4.78, 5) is 0. The number of hydrogen-bond acceptors (Lipinski definition) is 0. The summed E-state index contributed by atoms with van der Waals surface area (Å²) in [6.07, 6.45) is 35.5. The van der Waals surface area contributed by atoms with E-state index in [0.717, 1.165) is 0 Å². The zero-order valence-corrected chi connectivity index (χ0v) is 22.5. The number of aryl methyl sites for hydroxylation is 2. The monoisotopic (exact) mass is 447 g/mol. The van der Waals surface area contributed by atoms with E-state index in [4.69, 9.17) is 0 Å². The molecule has 0 saturated heterocycles. The van der Waals surface area contributed by atoms with Crippen LogP contribution >= 0.6 is 0 Å². The summed E-state index contributed by atoms with van der Waals surface area (Å²) in [7, 11) is 0. The molecule has 2 heteroatoms. The Morgan fingerprint density at radius 3 is 1.50 bits per heavy atom. The molecule has 0 aliphatic rings. The SMILES string of the molecule is CCCCCCCCCCCCCCn1cc[n+](CCCCCCCC)c1CCCCC. The molecule has 0 bridgehead atoms. The van der Waals surface area contributed by atoms with Crippen molar-refractivity contribution in [2.24, 2.45) is 0 Å². The third kappa shape index (κ3) is 15.1. The second kappa shape index (κ2) is 22.0. The van der Waals surface area contributed by atoms with Gasteiger partial charge in [-0.1, -0.05) is 124 Å². The van der Waals surface area contributed by atoms with Crippen LogP contribution in [0.4, 0.5) is 0 Å². The van der Waals surface area contributed by atoms with E-state index >= 15 is 0 Å². The maximum Gasteiger partial charge on any atom is 0.256 e. The molecule has 0 aromatic carbocycles. The summed E-state index contributed by atoms with van der Waals surface area (Å²) in [5.41, 5.74) is 0. The van der Waals surface area contributed by atoms with Gasteiger partial charge in [0.25, 0.3) is 5.82 Å². The molecule has 1 heterocycles. The molecule has 0 spiro atoms. The fraction of sp³-hybridized carbons (Fsp3) is 0.900. The number of nitrogens with zero attached hydrogens (tertiary/aromatic N) is 2. The van der Waals surface area contributed by atoms with Crippen LogP contribution in [0.1, 0.15) is 161 Å². The Labute approximate surface area is 202 Å². The van der Waals surface area contributed by atoms with E-state index in [1.807, 2.05) is 0 Å². The molecule has 0 atom stereocenters. The highest BCUT2D eigenvalue weighted by atomic mass is 15.1. The van der Waals surface area contributed by atoms with Crippen molar-refractivity contribution in [3.8, 4) is 0 Å². The van der Waals surface area contributed by atoms with Crippen molar-refractivity contribution in [2.75, 3.05) is 0 Å². The van der Waals surface area contributed by atoms with Crippen molar-refractivity contribution >= 4 is 0 Å². The lowest BCUT2D eigenvalue weighted by atomic mass is 10.1. The predicted molar refractivity (Wildman–Crippen MR) is 142 cm³/mol. The third-order valence-electron chi connectivity index (χ3n) is 7.10. The van der Waals surface area contributed by atoms with Crippen molar-refractivity contribution in [1.82, 2.24) is 4.57 Å². The molecule has 0 radical (unpaired) electrons. The lowest BCUT2D eigenvalue weighted by Crippen LogP contribution is -2.37. The zero-order chi connectivity index (χ0) is 23.1. The second-order valence-electron chi connectivity index (χ2n) is 10.2. The Morgan fingerprint density at radius 2 is 0.969 bits per heavy atom. The fourth-order valence-corrected chi connectivity index (χ4v) is 4.91. The van der Waals surface area contributed by atoms with Crippen molar-refractivity contribution in [1.29, 1.82) is 0 Å². The molecule has 188 valence electrons. The Hall–Kier alpha value is -0.790. The highest BCUT2D eigenvalue weighted by molar-refractivity contribution is 4.84. The Bertz CT molecular complexity index is 505. The standard InChI is InChI=1S/C30H59N2/c1-4-7-10-12-14-15-16-17-18-19-21-24-27-32-29-28-31(30(32)25-22-9-6-3)26-23-20-13-11-8-5-2/h28-29H,4-27H2,1-3H3/q+1. The van der Waals surface area contributed by atoms with Crippen LogP contribution in [0.3, 0.4) is 0 Å². The summed E-state index contributed by atoms with van der Waals surface area (Å²) in [6, 6.07) is 0. The van der Waals surface area contributed by atoms with Gasteiger partial charge in [-0.05, 0) is 32.1 Å². The molecule has 0 aliphatic heterocycles. The van der Waals surface area contributed by atoms with Gasteiger partial charge in [0.15, 0.2) is 0 Å². The summed E-state index contributed by atoms with van der Waals surface area (Å²) in [6.45, 7) is 9.37. The van der Waals surface area contributed by atoms with Crippen LogP contribution in [0.2, 0.25) is 0 Å². The molecular formula is C30H59N2+. The molecule has 2 nitrogen and oxygen atoms in total. The van der Waals surface area contributed by atoms with Crippen LogP contribution in [0, 0.1) is 0 Å². The van der Waals surface area contributed by atoms with E-state index in [2.05, 4.69) is 42.3 Å². The number of unbranched alkanes of at least 4 members (excludes halogenated alkanes) is 18. The first-order valence-electron chi connectivity index (χ1n) is 14.9. The minimum atomic E-state index is 1.22. The Balaban J connectivity index is 2.22. The van der Waals surface area contributed by atoms with Gasteiger partial charge in [-0.15, -0.1) is 0 Å². The molecular weight excluding hydrogens is 388 g/mol. The maximum atomic E-state index is 2.59. The average Bonchev–Trinajstić information content (AvgIpc) is 3.18. The smallest absolute Gasteiger partial charge is 0.234 e. The topological polar surface area (TPSA) is 8.81 Å². The Kier molecular flexibility index (Phi) is 20.1. The minimum absolute atomic E-state index is 1.22. The first kappa shape index (κ1) is 29.2. The molecule has 0 fully saturated rings. The fourth-order valence-electron chi connectivity index (χ4n) is 4.91. The zero-order valence-electron chi connectivity index (χ0n) is 22.5. The van der Waals surface area contributed by atoms with Crippen LogP contribution in [-0.2, 0) is 19.5 Å². The minimum Gasteiger partial charge on any atom is -0.234 e. The van der Waals surface area contributed by atoms with Gasteiger partial charge in [-0.2, -0.15) is 0 Å². The average molecular weight is 448 g/mol. The molecule has 0 saturated carbocycles. The van der Waals surface area contributed by atoms with E-state index in [-0.39, 0.29) is 0 Å². The van der Waals surface area contributed by atoms with Crippen LogP contribution in [0.5, 0.6) is 0 Å². The molecule has 0 aliphatic carbocycles. The first-order chi connectivity index (χ1) is 15.8. The largest absolute Gasteiger partial charge is 0.256 e. The van der Waals surface area contributed by atoms with Crippen LogP contribution in [-0.4, -0.2) is 4.57 Å². The number of aromatic nitrogens is 2. The van der Waals surface area contributed by atoms with Gasteiger partial charge < -0.3 is 0 Å². The lowest BCUT2D eigenvalue weighted by molar-refractivity contribution is -0.704. The van der Waals surface area contributed by atoms with Gasteiger partial charge in [0.1, 0.15) is 12.4 Å². The molecule has 0 unspecified atom stereocenters. The van der Waals surface area contributed by atoms with Crippen molar-refractivity contribution in [3.05, 3.63) is 18.2 Å². The van der Waals surface area contributed by atoms with Crippen molar-refractivity contribution < 1.29 is 4.57 Å². The number of rotatable bonds is 24. The van der Waals surface area contributed by atoms with Crippen molar-refractivity contribution in [3.63, 3.8) is 0 Å². The quantitative estimate of drug-likeness (QED) is 0.110.